The van der Waals surface area contributed by atoms with Crippen LogP contribution in [-0.2, 0) is 11.2 Å². The molecule has 0 aliphatic heterocycles. The molecular weight excluding hydrogens is 338 g/mol. The van der Waals surface area contributed by atoms with Crippen molar-refractivity contribution in [3.05, 3.63) is 76.1 Å². The van der Waals surface area contributed by atoms with Gasteiger partial charge in [0.1, 0.15) is 0 Å². The lowest BCUT2D eigenvalue weighted by molar-refractivity contribution is -0.120. The first-order valence-electron chi connectivity index (χ1n) is 7.86. The van der Waals surface area contributed by atoms with Gasteiger partial charge in [-0.1, -0.05) is 54.1 Å². The number of hydrogen-bond acceptors (Lipinski definition) is 2. The zero-order valence-corrected chi connectivity index (χ0v) is 14.7. The molecule has 3 aromatic rings. The van der Waals surface area contributed by atoms with E-state index in [4.69, 9.17) is 11.6 Å². The second-order valence-corrected chi connectivity index (χ2v) is 6.87. The Bertz CT molecular complexity index is 854. The summed E-state index contributed by atoms with van der Waals surface area (Å²) in [5.41, 5.74) is 2.34. The van der Waals surface area contributed by atoms with Crippen LogP contribution in [0.4, 0.5) is 0 Å². The molecule has 1 amide bonds. The Hall–Kier alpha value is -2.10. The molecule has 0 saturated heterocycles. The van der Waals surface area contributed by atoms with Crippen LogP contribution in [0.1, 0.15) is 17.5 Å². The molecule has 0 saturated carbocycles. The zero-order chi connectivity index (χ0) is 16.8. The van der Waals surface area contributed by atoms with Crippen LogP contribution in [0.2, 0.25) is 5.02 Å². The lowest BCUT2D eigenvalue weighted by Crippen LogP contribution is -2.24. The number of thiophene rings is 1. The molecule has 0 aliphatic rings. The maximum Gasteiger partial charge on any atom is 0.223 e. The van der Waals surface area contributed by atoms with Gasteiger partial charge in [-0.25, -0.2) is 0 Å². The number of rotatable bonds is 6. The fraction of sp³-hybridized carbons (Fsp3) is 0.150. The molecule has 2 nitrogen and oxygen atoms in total. The average Bonchev–Trinajstić information content (AvgIpc) is 2.98. The number of benzene rings is 2. The Kier molecular flexibility index (Phi) is 5.68. The molecule has 1 N–H and O–H groups in total. The third-order valence-electron chi connectivity index (χ3n) is 3.75. The van der Waals surface area contributed by atoms with E-state index in [2.05, 4.69) is 10.7 Å². The summed E-state index contributed by atoms with van der Waals surface area (Å²) >= 11 is 7.78. The summed E-state index contributed by atoms with van der Waals surface area (Å²) in [5, 5.41) is 7.04. The first kappa shape index (κ1) is 16.7. The zero-order valence-electron chi connectivity index (χ0n) is 13.2. The predicted molar refractivity (Wildman–Crippen MR) is 104 cm³/mol. The molecule has 0 spiro atoms. The molecule has 0 aliphatic carbocycles. The van der Waals surface area contributed by atoms with E-state index in [1.165, 1.54) is 15.6 Å². The molecule has 3 rings (SSSR count). The molecule has 1 heterocycles. The number of halogens is 1. The molecule has 122 valence electrons. The van der Waals surface area contributed by atoms with Crippen LogP contribution in [0, 0.1) is 0 Å². The molecule has 0 fully saturated rings. The van der Waals surface area contributed by atoms with E-state index in [0.717, 1.165) is 17.0 Å². The van der Waals surface area contributed by atoms with Crippen molar-refractivity contribution >= 4 is 45.0 Å². The van der Waals surface area contributed by atoms with Gasteiger partial charge in [-0.15, -0.1) is 11.3 Å². The van der Waals surface area contributed by atoms with Gasteiger partial charge in [-0.3, -0.25) is 4.79 Å². The van der Waals surface area contributed by atoms with Crippen molar-refractivity contribution in [2.45, 2.75) is 12.8 Å². The minimum atomic E-state index is 0.0414. The van der Waals surface area contributed by atoms with Gasteiger partial charge in [0.05, 0.1) is 0 Å². The number of carbonyl (C=O) groups is 1. The smallest absolute Gasteiger partial charge is 0.223 e. The Labute approximate surface area is 150 Å². The van der Waals surface area contributed by atoms with Crippen LogP contribution in [0.5, 0.6) is 0 Å². The highest BCUT2D eigenvalue weighted by atomic mass is 35.5. The van der Waals surface area contributed by atoms with Gasteiger partial charge < -0.3 is 5.32 Å². The van der Waals surface area contributed by atoms with Crippen molar-refractivity contribution in [1.29, 1.82) is 0 Å². The number of carbonyl (C=O) groups excluding carboxylic acids is 1. The molecule has 1 aromatic heterocycles. The first-order valence-corrected chi connectivity index (χ1v) is 9.12. The minimum Gasteiger partial charge on any atom is -0.356 e. The van der Waals surface area contributed by atoms with Gasteiger partial charge in [-0.2, -0.15) is 0 Å². The van der Waals surface area contributed by atoms with Gasteiger partial charge in [0.25, 0.3) is 0 Å². The molecule has 0 radical (unpaired) electrons. The molecule has 0 bridgehead atoms. The lowest BCUT2D eigenvalue weighted by Gasteiger charge is -2.03. The van der Waals surface area contributed by atoms with Gasteiger partial charge in [0.2, 0.25) is 5.91 Å². The fourth-order valence-corrected chi connectivity index (χ4v) is 3.67. The highest BCUT2D eigenvalue weighted by Gasteiger charge is 2.05. The van der Waals surface area contributed by atoms with Crippen LogP contribution in [0.25, 0.3) is 16.2 Å². The Morgan fingerprint density at radius 1 is 1.17 bits per heavy atom. The third kappa shape index (κ3) is 4.47. The molecule has 2 aromatic carbocycles. The predicted octanol–water partition coefficient (Wildman–Crippen LogP) is 5.32. The van der Waals surface area contributed by atoms with E-state index in [1.807, 2.05) is 60.7 Å². The number of fused-ring (bicyclic) bond motifs is 1. The van der Waals surface area contributed by atoms with E-state index in [-0.39, 0.29) is 5.91 Å². The summed E-state index contributed by atoms with van der Waals surface area (Å²) in [4.78, 5) is 11.9. The van der Waals surface area contributed by atoms with E-state index in [1.54, 1.807) is 11.3 Å². The van der Waals surface area contributed by atoms with Gasteiger partial charge in [0.15, 0.2) is 0 Å². The molecule has 0 atom stereocenters. The third-order valence-corrected chi connectivity index (χ3v) is 4.99. The van der Waals surface area contributed by atoms with E-state index in [9.17, 15) is 4.79 Å². The van der Waals surface area contributed by atoms with Crippen molar-refractivity contribution in [2.24, 2.45) is 0 Å². The van der Waals surface area contributed by atoms with Crippen LogP contribution in [0.15, 0.2) is 60.0 Å². The highest BCUT2D eigenvalue weighted by molar-refractivity contribution is 7.17. The lowest BCUT2D eigenvalue weighted by atomic mass is 10.1. The summed E-state index contributed by atoms with van der Waals surface area (Å²) in [7, 11) is 0. The van der Waals surface area contributed by atoms with Gasteiger partial charge >= 0.3 is 0 Å². The van der Waals surface area contributed by atoms with Crippen LogP contribution in [0.3, 0.4) is 0 Å². The van der Waals surface area contributed by atoms with E-state index in [0.29, 0.717) is 13.0 Å². The topological polar surface area (TPSA) is 29.1 Å². The molecule has 4 heteroatoms. The normalized spacial score (nSPS) is 11.2. The minimum absolute atomic E-state index is 0.0414. The summed E-state index contributed by atoms with van der Waals surface area (Å²) in [5.74, 6) is 0.0414. The van der Waals surface area contributed by atoms with E-state index >= 15 is 0 Å². The van der Waals surface area contributed by atoms with Gasteiger partial charge in [0, 0.05) is 22.7 Å². The fourth-order valence-electron chi connectivity index (χ4n) is 2.52. The molecular formula is C20H18ClNOS. The van der Waals surface area contributed by atoms with Crippen molar-refractivity contribution in [1.82, 2.24) is 5.32 Å². The number of hydrogen-bond donors (Lipinski definition) is 1. The van der Waals surface area contributed by atoms with Gasteiger partial charge in [-0.05, 0) is 46.5 Å². The van der Waals surface area contributed by atoms with Crippen LogP contribution < -0.4 is 5.32 Å². The number of amides is 1. The maximum absolute atomic E-state index is 11.9. The second kappa shape index (κ2) is 8.13. The average molecular weight is 356 g/mol. The van der Waals surface area contributed by atoms with Crippen molar-refractivity contribution in [3.63, 3.8) is 0 Å². The summed E-state index contributed by atoms with van der Waals surface area (Å²) in [6, 6.07) is 15.9. The Balaban J connectivity index is 1.48. The number of nitrogens with one attached hydrogen (secondary N) is 1. The van der Waals surface area contributed by atoms with Crippen molar-refractivity contribution in [3.8, 4) is 0 Å². The highest BCUT2D eigenvalue weighted by Crippen LogP contribution is 2.28. The first-order chi connectivity index (χ1) is 11.7. The largest absolute Gasteiger partial charge is 0.356 e. The summed E-state index contributed by atoms with van der Waals surface area (Å²) < 4.78 is 1.23. The molecule has 24 heavy (non-hydrogen) atoms. The molecule has 0 unspecified atom stereocenters. The standard InChI is InChI=1S/C20H18ClNOS/c21-17-9-10-19-18(13-17)16(14-24-19)11-12-22-20(23)8-4-7-15-5-2-1-3-6-15/h1-7,9-10,13-14H,8,11-12H2,(H,22,23)/b7-4+. The summed E-state index contributed by atoms with van der Waals surface area (Å²) in [6.45, 7) is 0.635. The van der Waals surface area contributed by atoms with Crippen LogP contribution >= 0.6 is 22.9 Å². The Morgan fingerprint density at radius 2 is 2.00 bits per heavy atom. The van der Waals surface area contributed by atoms with E-state index < -0.39 is 0 Å². The Morgan fingerprint density at radius 3 is 2.83 bits per heavy atom. The van der Waals surface area contributed by atoms with Crippen LogP contribution in [-0.4, -0.2) is 12.5 Å². The van der Waals surface area contributed by atoms with Crippen molar-refractivity contribution < 1.29 is 4.79 Å². The SMILES string of the molecule is O=C(C/C=C/c1ccccc1)NCCc1csc2ccc(Cl)cc12. The summed E-state index contributed by atoms with van der Waals surface area (Å²) in [6.07, 6.45) is 5.07. The quantitative estimate of drug-likeness (QED) is 0.637. The van der Waals surface area contributed by atoms with Crippen molar-refractivity contribution in [2.75, 3.05) is 6.54 Å². The maximum atomic E-state index is 11.9. The monoisotopic (exact) mass is 355 g/mol. The second-order valence-electron chi connectivity index (χ2n) is 5.52.